The van der Waals surface area contributed by atoms with E-state index >= 15 is 0 Å². The zero-order valence-electron chi connectivity index (χ0n) is 10.1. The second-order valence-electron chi connectivity index (χ2n) is 3.32. The van der Waals surface area contributed by atoms with Gasteiger partial charge in [-0.1, -0.05) is 24.3 Å². The Balaban J connectivity index is 0.00000144. The van der Waals surface area contributed by atoms with Gasteiger partial charge in [-0.2, -0.15) is 0 Å². The first kappa shape index (κ1) is 18.9. The van der Waals surface area contributed by atoms with Crippen LogP contribution < -0.4 is 113 Å². The maximum atomic E-state index is 10.9. The van der Waals surface area contributed by atoms with Crippen LogP contribution in [-0.2, 0) is 0 Å². The molecule has 0 radical (unpaired) electrons. The maximum Gasteiger partial charge on any atom is 1.00 e. The van der Waals surface area contributed by atoms with Gasteiger partial charge in [-0.25, -0.2) is 0 Å². The Hall–Kier alpha value is 0.913. The standard InChI is InChI=1S/C12H8O4.2K/c13-11(14)8-5-7-3-1-2-4-9(7)10(6-8)12(15)16;;/h1-6H,(H,13,14)(H,15,16);;/q;2*+1/p-2. The number of carboxylic acids is 2. The molecular formula is C12H6K2O4. The number of carbonyl (C=O) groups excluding carboxylic acids is 2. The Morgan fingerprint density at radius 1 is 0.889 bits per heavy atom. The molecule has 0 amide bonds. The van der Waals surface area contributed by atoms with Gasteiger partial charge in [0, 0.05) is 5.56 Å². The topological polar surface area (TPSA) is 80.3 Å². The van der Waals surface area contributed by atoms with Crippen LogP contribution in [-0.4, -0.2) is 11.9 Å². The normalized spacial score (nSPS) is 9.11. The quantitative estimate of drug-likeness (QED) is 0.516. The van der Waals surface area contributed by atoms with E-state index in [4.69, 9.17) is 0 Å². The fourth-order valence-corrected chi connectivity index (χ4v) is 1.60. The number of hydrogen-bond donors (Lipinski definition) is 0. The van der Waals surface area contributed by atoms with Crippen molar-refractivity contribution in [3.63, 3.8) is 0 Å². The van der Waals surface area contributed by atoms with E-state index < -0.39 is 11.9 Å². The van der Waals surface area contributed by atoms with Crippen LogP contribution in [0.15, 0.2) is 36.4 Å². The second kappa shape index (κ2) is 8.26. The van der Waals surface area contributed by atoms with E-state index in [0.717, 1.165) is 6.07 Å². The van der Waals surface area contributed by atoms with Crippen LogP contribution in [0.5, 0.6) is 0 Å². The number of fused-ring (bicyclic) bond motifs is 1. The van der Waals surface area contributed by atoms with Gasteiger partial charge >= 0.3 is 103 Å². The van der Waals surface area contributed by atoms with Crippen molar-refractivity contribution in [1.82, 2.24) is 0 Å². The Kier molecular flexibility index (Phi) is 8.67. The van der Waals surface area contributed by atoms with Crippen molar-refractivity contribution in [1.29, 1.82) is 0 Å². The van der Waals surface area contributed by atoms with Crippen molar-refractivity contribution < 1.29 is 123 Å². The molecule has 0 atom stereocenters. The third-order valence-electron chi connectivity index (χ3n) is 2.32. The van der Waals surface area contributed by atoms with Gasteiger partial charge in [0.1, 0.15) is 0 Å². The molecule has 2 aromatic carbocycles. The fraction of sp³-hybridized carbons (Fsp3) is 0. The van der Waals surface area contributed by atoms with Crippen molar-refractivity contribution in [2.75, 3.05) is 0 Å². The Morgan fingerprint density at radius 2 is 1.50 bits per heavy atom. The van der Waals surface area contributed by atoms with Crippen molar-refractivity contribution in [2.24, 2.45) is 0 Å². The summed E-state index contributed by atoms with van der Waals surface area (Å²) in [5, 5.41) is 22.5. The fourth-order valence-electron chi connectivity index (χ4n) is 1.60. The average Bonchev–Trinajstić information content (AvgIpc) is 2.27. The SMILES string of the molecule is O=C([O-])c1cc(C(=O)[O-])c2ccccc2c1.[K+].[K+]. The summed E-state index contributed by atoms with van der Waals surface area (Å²) >= 11 is 0. The van der Waals surface area contributed by atoms with Gasteiger partial charge in [0.2, 0.25) is 0 Å². The molecule has 2 aromatic rings. The van der Waals surface area contributed by atoms with Crippen LogP contribution in [0.25, 0.3) is 10.8 Å². The van der Waals surface area contributed by atoms with E-state index in [9.17, 15) is 19.8 Å². The molecule has 80 valence electrons. The van der Waals surface area contributed by atoms with Crippen LogP contribution in [0.2, 0.25) is 0 Å². The Morgan fingerprint density at radius 3 is 2.06 bits per heavy atom. The molecular weight excluding hydrogens is 286 g/mol. The number of hydrogen-bond acceptors (Lipinski definition) is 4. The summed E-state index contributed by atoms with van der Waals surface area (Å²) in [7, 11) is 0. The van der Waals surface area contributed by atoms with Crippen molar-refractivity contribution in [3.05, 3.63) is 47.5 Å². The summed E-state index contributed by atoms with van der Waals surface area (Å²) in [6.07, 6.45) is 0. The van der Waals surface area contributed by atoms with E-state index in [-0.39, 0.29) is 114 Å². The molecule has 6 heteroatoms. The van der Waals surface area contributed by atoms with Crippen LogP contribution in [0.3, 0.4) is 0 Å². The van der Waals surface area contributed by atoms with Crippen LogP contribution in [0.1, 0.15) is 20.7 Å². The first-order chi connectivity index (χ1) is 7.59. The van der Waals surface area contributed by atoms with Gasteiger partial charge in [0.05, 0.1) is 11.9 Å². The molecule has 0 heterocycles. The number of aromatic carboxylic acids is 2. The Labute approximate surface area is 189 Å². The molecule has 0 fully saturated rings. The molecule has 0 saturated carbocycles. The first-order valence-corrected chi connectivity index (χ1v) is 4.55. The van der Waals surface area contributed by atoms with E-state index in [0.29, 0.717) is 10.8 Å². The predicted molar refractivity (Wildman–Crippen MR) is 52.6 cm³/mol. The van der Waals surface area contributed by atoms with E-state index in [1.807, 2.05) is 0 Å². The van der Waals surface area contributed by atoms with E-state index in [1.54, 1.807) is 24.3 Å². The summed E-state index contributed by atoms with van der Waals surface area (Å²) in [5.41, 5.74) is -0.310. The number of carboxylic acid groups (broad SMARTS) is 2. The molecule has 0 aliphatic heterocycles. The van der Waals surface area contributed by atoms with Crippen LogP contribution in [0, 0.1) is 0 Å². The minimum atomic E-state index is -1.41. The number of carbonyl (C=O) groups is 2. The van der Waals surface area contributed by atoms with Crippen molar-refractivity contribution in [3.8, 4) is 0 Å². The molecule has 0 spiro atoms. The summed E-state index contributed by atoms with van der Waals surface area (Å²) < 4.78 is 0. The minimum absolute atomic E-state index is 0. The maximum absolute atomic E-state index is 10.9. The number of benzene rings is 2. The zero-order valence-corrected chi connectivity index (χ0v) is 16.3. The Bertz CT molecular complexity index is 596. The third kappa shape index (κ3) is 4.21. The minimum Gasteiger partial charge on any atom is -0.545 e. The largest absolute Gasteiger partial charge is 1.00 e. The van der Waals surface area contributed by atoms with E-state index in [1.165, 1.54) is 6.07 Å². The summed E-state index contributed by atoms with van der Waals surface area (Å²) in [5.74, 6) is -2.81. The monoisotopic (exact) mass is 292 g/mol. The summed E-state index contributed by atoms with van der Waals surface area (Å²) in [6.45, 7) is 0. The summed E-state index contributed by atoms with van der Waals surface area (Å²) in [6, 6.07) is 9.02. The van der Waals surface area contributed by atoms with Gasteiger partial charge in [-0.3, -0.25) is 0 Å². The molecule has 0 aliphatic rings. The van der Waals surface area contributed by atoms with Gasteiger partial charge in [0.15, 0.2) is 0 Å². The molecule has 0 aliphatic carbocycles. The molecule has 4 nitrogen and oxygen atoms in total. The number of rotatable bonds is 2. The molecule has 0 aromatic heterocycles. The van der Waals surface area contributed by atoms with Gasteiger partial charge < -0.3 is 19.8 Å². The molecule has 2 rings (SSSR count). The third-order valence-corrected chi connectivity index (χ3v) is 2.32. The van der Waals surface area contributed by atoms with Gasteiger partial charge in [-0.15, -0.1) is 0 Å². The van der Waals surface area contributed by atoms with Crippen molar-refractivity contribution >= 4 is 22.7 Å². The molecule has 18 heavy (non-hydrogen) atoms. The van der Waals surface area contributed by atoms with Crippen LogP contribution in [0.4, 0.5) is 0 Å². The van der Waals surface area contributed by atoms with Gasteiger partial charge in [0.25, 0.3) is 0 Å². The predicted octanol–water partition coefficient (Wildman–Crippen LogP) is -6.43. The van der Waals surface area contributed by atoms with Crippen LogP contribution >= 0.6 is 0 Å². The summed E-state index contributed by atoms with van der Waals surface area (Å²) in [4.78, 5) is 21.6. The molecule has 0 unspecified atom stereocenters. The molecule has 0 N–H and O–H groups in total. The first-order valence-electron chi connectivity index (χ1n) is 4.55. The molecule has 0 saturated heterocycles. The zero-order chi connectivity index (χ0) is 11.7. The second-order valence-corrected chi connectivity index (χ2v) is 3.32. The smallest absolute Gasteiger partial charge is 0.545 e. The van der Waals surface area contributed by atoms with E-state index in [2.05, 4.69) is 0 Å². The van der Waals surface area contributed by atoms with Gasteiger partial charge in [-0.05, 0) is 28.5 Å². The average molecular weight is 292 g/mol. The molecule has 0 bridgehead atoms. The van der Waals surface area contributed by atoms with Crippen molar-refractivity contribution in [2.45, 2.75) is 0 Å².